The van der Waals surface area contributed by atoms with Gasteiger partial charge in [-0.25, -0.2) is 0 Å². The maximum absolute atomic E-state index is 6.95. The van der Waals surface area contributed by atoms with E-state index in [1.54, 1.807) is 0 Å². The van der Waals surface area contributed by atoms with Crippen molar-refractivity contribution in [2.24, 2.45) is 0 Å². The molecule has 0 amide bonds. The molecule has 4 heterocycles. The summed E-state index contributed by atoms with van der Waals surface area (Å²) in [5, 5.41) is 11.2. The second-order valence-corrected chi connectivity index (χ2v) is 23.3. The Bertz CT molecular complexity index is 4030. The Kier molecular flexibility index (Phi) is 7.77. The fourth-order valence-electron chi connectivity index (χ4n) is 12.8. The molecule has 0 spiro atoms. The molecule has 1 aliphatic heterocycles. The molecule has 332 valence electrons. The van der Waals surface area contributed by atoms with Crippen molar-refractivity contribution in [3.8, 4) is 27.9 Å². The number of hydrogen-bond acceptors (Lipinski definition) is 3. The first-order chi connectivity index (χ1) is 32.5. The third kappa shape index (κ3) is 5.45. The highest BCUT2D eigenvalue weighted by molar-refractivity contribution is 6.73. The standard InChI is InChI=1S/C63H55BN2O2/c1-60(2,3)34-18-20-35(21-19-34)65-51-33-57-43(44-28-48-49(31-55(44)68-57)62(6,7)25-24-61(48,4)5)26-41(51)38-22-23-39-42-27-47-40(36-14-10-12-16-46(36)63(47,8)9)29-52(42)66-53-30-45-37-15-11-13-17-54(37)67-56(45)32-50(53)64-58(38)59(39)66/h10-23,26-33,64-65H,24-25H2,1-9H3. The fourth-order valence-corrected chi connectivity index (χ4v) is 12.8. The van der Waals surface area contributed by atoms with E-state index >= 15 is 0 Å². The summed E-state index contributed by atoms with van der Waals surface area (Å²) < 4.78 is 16.2. The van der Waals surface area contributed by atoms with Crippen LogP contribution in [0, 0.1) is 0 Å². The molecule has 0 saturated carbocycles. The van der Waals surface area contributed by atoms with Crippen molar-refractivity contribution < 1.29 is 8.83 Å². The zero-order valence-corrected chi connectivity index (χ0v) is 40.6. The molecule has 14 rings (SSSR count). The number of para-hydroxylation sites is 1. The van der Waals surface area contributed by atoms with Gasteiger partial charge in [-0.3, -0.25) is 0 Å². The monoisotopic (exact) mass is 882 g/mol. The lowest BCUT2D eigenvalue weighted by atomic mass is 9.59. The van der Waals surface area contributed by atoms with Gasteiger partial charge in [0.25, 0.3) is 0 Å². The molecule has 0 saturated heterocycles. The van der Waals surface area contributed by atoms with Crippen molar-refractivity contribution in [1.82, 2.24) is 4.57 Å². The topological polar surface area (TPSA) is 43.2 Å². The number of aromatic nitrogens is 1. The van der Waals surface area contributed by atoms with Gasteiger partial charge in [0, 0.05) is 66.3 Å². The first-order valence-electron chi connectivity index (χ1n) is 24.7. The van der Waals surface area contributed by atoms with E-state index in [1.807, 2.05) is 0 Å². The highest BCUT2D eigenvalue weighted by Crippen LogP contribution is 2.53. The molecule has 0 radical (unpaired) electrons. The van der Waals surface area contributed by atoms with Crippen molar-refractivity contribution in [1.29, 1.82) is 0 Å². The second-order valence-electron chi connectivity index (χ2n) is 23.3. The van der Waals surface area contributed by atoms with E-state index in [0.717, 1.165) is 75.6 Å². The van der Waals surface area contributed by atoms with E-state index in [2.05, 4.69) is 206 Å². The first-order valence-corrected chi connectivity index (χ1v) is 24.7. The normalized spacial score (nSPS) is 16.4. The van der Waals surface area contributed by atoms with E-state index in [4.69, 9.17) is 8.83 Å². The average molecular weight is 883 g/mol. The summed E-state index contributed by atoms with van der Waals surface area (Å²) in [5.74, 6) is 0. The summed E-state index contributed by atoms with van der Waals surface area (Å²) in [7, 11) is 0.764. The summed E-state index contributed by atoms with van der Waals surface area (Å²) in [4.78, 5) is 0. The quantitative estimate of drug-likeness (QED) is 0.180. The van der Waals surface area contributed by atoms with Crippen LogP contribution in [0.5, 0.6) is 0 Å². The van der Waals surface area contributed by atoms with Gasteiger partial charge in [-0.05, 0) is 140 Å². The molecule has 3 aromatic heterocycles. The third-order valence-corrected chi connectivity index (χ3v) is 16.8. The predicted octanol–water partition coefficient (Wildman–Crippen LogP) is 15.6. The summed E-state index contributed by atoms with van der Waals surface area (Å²) in [6.07, 6.45) is 2.32. The average Bonchev–Trinajstić information content (AvgIpc) is 4.02. The number of fused-ring (bicyclic) bond motifs is 15. The van der Waals surface area contributed by atoms with Crippen LogP contribution in [0.1, 0.15) is 103 Å². The van der Waals surface area contributed by atoms with Gasteiger partial charge in [0.1, 0.15) is 22.3 Å². The van der Waals surface area contributed by atoms with Crippen LogP contribution < -0.4 is 16.2 Å². The number of benzene rings is 8. The van der Waals surface area contributed by atoms with E-state index in [-0.39, 0.29) is 21.7 Å². The Morgan fingerprint density at radius 1 is 0.515 bits per heavy atom. The van der Waals surface area contributed by atoms with Crippen molar-refractivity contribution in [3.63, 3.8) is 0 Å². The fraction of sp³-hybridized carbons (Fsp3) is 0.238. The lowest BCUT2D eigenvalue weighted by molar-refractivity contribution is 0.332. The van der Waals surface area contributed by atoms with Crippen LogP contribution in [-0.2, 0) is 21.7 Å². The van der Waals surface area contributed by atoms with Gasteiger partial charge in [-0.2, -0.15) is 0 Å². The van der Waals surface area contributed by atoms with Crippen LogP contribution in [-0.4, -0.2) is 11.8 Å². The molecule has 5 heteroatoms. The minimum atomic E-state index is -0.115. The maximum atomic E-state index is 6.95. The van der Waals surface area contributed by atoms with Crippen molar-refractivity contribution >= 4 is 95.3 Å². The summed E-state index contributed by atoms with van der Waals surface area (Å²) >= 11 is 0. The highest BCUT2D eigenvalue weighted by atomic mass is 16.3. The van der Waals surface area contributed by atoms with E-state index < -0.39 is 0 Å². The largest absolute Gasteiger partial charge is 0.456 e. The van der Waals surface area contributed by atoms with Crippen molar-refractivity contribution in [3.05, 3.63) is 161 Å². The second kappa shape index (κ2) is 13.2. The molecule has 0 bridgehead atoms. The molecule has 4 nitrogen and oxygen atoms in total. The molecule has 1 N–H and O–H groups in total. The van der Waals surface area contributed by atoms with Gasteiger partial charge >= 0.3 is 0 Å². The minimum Gasteiger partial charge on any atom is -0.456 e. The van der Waals surface area contributed by atoms with E-state index in [1.165, 1.54) is 88.3 Å². The van der Waals surface area contributed by atoms with Crippen LogP contribution in [0.2, 0.25) is 0 Å². The molecule has 68 heavy (non-hydrogen) atoms. The van der Waals surface area contributed by atoms with E-state index in [9.17, 15) is 0 Å². The van der Waals surface area contributed by atoms with Gasteiger partial charge in [0.2, 0.25) is 0 Å². The summed E-state index contributed by atoms with van der Waals surface area (Å²) in [6, 6.07) is 50.5. The van der Waals surface area contributed by atoms with Crippen molar-refractivity contribution in [2.75, 3.05) is 5.32 Å². The maximum Gasteiger partial charge on any atom is 0.198 e. The Balaban J connectivity index is 1.07. The molecule has 0 fully saturated rings. The molecular weight excluding hydrogens is 828 g/mol. The zero-order chi connectivity index (χ0) is 46.4. The van der Waals surface area contributed by atoms with Crippen LogP contribution in [0.25, 0.3) is 93.6 Å². The van der Waals surface area contributed by atoms with Crippen LogP contribution in [0.3, 0.4) is 0 Å². The lowest BCUT2D eigenvalue weighted by Gasteiger charge is -2.41. The number of nitrogens with zero attached hydrogens (tertiary/aromatic N) is 1. The molecule has 11 aromatic rings. The Morgan fingerprint density at radius 3 is 1.97 bits per heavy atom. The third-order valence-electron chi connectivity index (χ3n) is 16.8. The Labute approximate surface area is 398 Å². The number of hydrogen-bond donors (Lipinski definition) is 1. The zero-order valence-electron chi connectivity index (χ0n) is 40.6. The van der Waals surface area contributed by atoms with Crippen LogP contribution in [0.15, 0.2) is 142 Å². The van der Waals surface area contributed by atoms with Gasteiger partial charge in [-0.1, -0.05) is 135 Å². The summed E-state index contributed by atoms with van der Waals surface area (Å²) in [5.41, 5.74) is 24.2. The molecular formula is C63H55BN2O2. The number of nitrogens with one attached hydrogen (secondary N) is 1. The number of anilines is 2. The molecule has 2 aliphatic carbocycles. The van der Waals surface area contributed by atoms with Crippen LogP contribution in [0.4, 0.5) is 11.4 Å². The number of rotatable bonds is 3. The van der Waals surface area contributed by atoms with E-state index in [0.29, 0.717) is 0 Å². The van der Waals surface area contributed by atoms with Gasteiger partial charge < -0.3 is 18.7 Å². The molecule has 8 aromatic carbocycles. The van der Waals surface area contributed by atoms with Gasteiger partial charge in [0.15, 0.2) is 7.28 Å². The molecule has 0 atom stereocenters. The Hall–Kier alpha value is -6.98. The van der Waals surface area contributed by atoms with Gasteiger partial charge in [0.05, 0.1) is 11.2 Å². The lowest BCUT2D eigenvalue weighted by Crippen LogP contribution is -2.37. The highest BCUT2D eigenvalue weighted by Gasteiger charge is 2.39. The first kappa shape index (κ1) is 40.1. The van der Waals surface area contributed by atoms with Gasteiger partial charge in [-0.15, -0.1) is 0 Å². The van der Waals surface area contributed by atoms with Crippen molar-refractivity contribution in [2.45, 2.75) is 96.8 Å². The molecule has 3 aliphatic rings. The minimum absolute atomic E-state index is 0.0548. The Morgan fingerprint density at radius 2 is 1.18 bits per heavy atom. The predicted molar refractivity (Wildman–Crippen MR) is 288 cm³/mol. The SMILES string of the molecule is CC(C)(C)c1ccc(Nc2cc3oc4cc5c(cc4c3cc2-c2ccc3c4cc6c(cc4n4c3c2Bc2cc3oc7ccccc7c3cc2-4)-c2ccccc2C6(C)C)C(C)(C)CCC5(C)C)cc1. The summed E-state index contributed by atoms with van der Waals surface area (Å²) in [6.45, 7) is 21.2. The molecule has 0 unspecified atom stereocenters. The van der Waals surface area contributed by atoms with Crippen LogP contribution >= 0.6 is 0 Å². The smallest absolute Gasteiger partial charge is 0.198 e. The number of furan rings is 2.